The molecule has 1 atom stereocenters. The number of carbonyl (C=O) groups is 1. The van der Waals surface area contributed by atoms with Crippen LogP contribution in [0.5, 0.6) is 0 Å². The average molecular weight is 202 g/mol. The molecule has 1 unspecified atom stereocenters. The molecule has 2 N–H and O–H groups in total. The van der Waals surface area contributed by atoms with Crippen LogP contribution in [0.4, 0.5) is 10.1 Å². The van der Waals surface area contributed by atoms with E-state index in [1.165, 1.54) is 12.1 Å². The number of aliphatic hydroxyl groups excluding tert-OH is 1. The van der Waals surface area contributed by atoms with Gasteiger partial charge in [-0.25, -0.2) is 4.39 Å². The zero-order valence-corrected chi connectivity index (χ0v) is 7.10. The number of hydrogen-bond donors (Lipinski definition) is 2. The third-order valence-electron chi connectivity index (χ3n) is 1.92. The number of anilines is 1. The molecule has 0 saturated heterocycles. The zero-order valence-electron chi connectivity index (χ0n) is 6.34. The van der Waals surface area contributed by atoms with Crippen LogP contribution in [0, 0.1) is 5.82 Å². The van der Waals surface area contributed by atoms with Crippen LogP contribution in [-0.2, 0) is 4.79 Å². The number of rotatable bonds is 0. The number of nitrogens with one attached hydrogen (secondary N) is 1. The Balaban J connectivity index is 2.64. The van der Waals surface area contributed by atoms with Crippen molar-refractivity contribution in [1.29, 1.82) is 0 Å². The Labute approximate surface area is 78.1 Å². The molecule has 2 rings (SSSR count). The molecule has 0 radical (unpaired) electrons. The Hall–Kier alpha value is -1.13. The van der Waals surface area contributed by atoms with Crippen molar-refractivity contribution in [3.63, 3.8) is 0 Å². The van der Waals surface area contributed by atoms with Crippen LogP contribution in [0.15, 0.2) is 12.1 Å². The SMILES string of the molecule is O=C1Nc2c(ccc(Cl)c2F)C1O. The summed E-state index contributed by atoms with van der Waals surface area (Å²) in [6.45, 7) is 0. The molecular weight excluding hydrogens is 197 g/mol. The number of aliphatic hydroxyl groups is 1. The maximum Gasteiger partial charge on any atom is 0.258 e. The highest BCUT2D eigenvalue weighted by atomic mass is 35.5. The van der Waals surface area contributed by atoms with Gasteiger partial charge < -0.3 is 10.4 Å². The lowest BCUT2D eigenvalue weighted by Crippen LogP contribution is -2.10. The molecule has 0 aromatic heterocycles. The molecule has 1 heterocycles. The fourth-order valence-electron chi connectivity index (χ4n) is 1.25. The summed E-state index contributed by atoms with van der Waals surface area (Å²) in [5.41, 5.74) is 0.205. The molecule has 3 nitrogen and oxygen atoms in total. The zero-order chi connectivity index (χ0) is 9.59. The van der Waals surface area contributed by atoms with Gasteiger partial charge in [0.2, 0.25) is 0 Å². The fraction of sp³-hybridized carbons (Fsp3) is 0.125. The summed E-state index contributed by atoms with van der Waals surface area (Å²) < 4.78 is 13.2. The Morgan fingerprint density at radius 2 is 2.23 bits per heavy atom. The van der Waals surface area contributed by atoms with Crippen molar-refractivity contribution in [2.75, 3.05) is 5.32 Å². The molecular formula is C8H5ClFNO2. The van der Waals surface area contributed by atoms with Crippen LogP contribution in [0.25, 0.3) is 0 Å². The number of halogens is 2. The first-order valence-electron chi connectivity index (χ1n) is 3.58. The summed E-state index contributed by atoms with van der Waals surface area (Å²) in [6, 6.07) is 2.72. The van der Waals surface area contributed by atoms with Gasteiger partial charge in [-0.2, -0.15) is 0 Å². The van der Waals surface area contributed by atoms with E-state index >= 15 is 0 Å². The highest BCUT2D eigenvalue weighted by Gasteiger charge is 2.31. The van der Waals surface area contributed by atoms with Gasteiger partial charge in [0.1, 0.15) is 0 Å². The minimum Gasteiger partial charge on any atom is -0.378 e. The van der Waals surface area contributed by atoms with Crippen LogP contribution in [0.1, 0.15) is 11.7 Å². The number of amides is 1. The lowest BCUT2D eigenvalue weighted by molar-refractivity contribution is -0.123. The van der Waals surface area contributed by atoms with Gasteiger partial charge in [-0.3, -0.25) is 4.79 Å². The van der Waals surface area contributed by atoms with Crippen LogP contribution in [0.2, 0.25) is 5.02 Å². The van der Waals surface area contributed by atoms with Crippen LogP contribution in [0.3, 0.4) is 0 Å². The van der Waals surface area contributed by atoms with Crippen LogP contribution < -0.4 is 5.32 Å². The maximum atomic E-state index is 13.2. The predicted molar refractivity (Wildman–Crippen MR) is 45.0 cm³/mol. The third-order valence-corrected chi connectivity index (χ3v) is 2.21. The molecule has 1 aromatic rings. The molecule has 1 aliphatic heterocycles. The summed E-state index contributed by atoms with van der Waals surface area (Å²) in [6.07, 6.45) is -1.29. The molecule has 13 heavy (non-hydrogen) atoms. The van der Waals surface area contributed by atoms with E-state index in [-0.39, 0.29) is 16.3 Å². The first kappa shape index (κ1) is 8.47. The van der Waals surface area contributed by atoms with Gasteiger partial charge >= 0.3 is 0 Å². The maximum absolute atomic E-state index is 13.2. The first-order valence-corrected chi connectivity index (χ1v) is 3.96. The predicted octanol–water partition coefficient (Wildman–Crippen LogP) is 1.46. The Morgan fingerprint density at radius 3 is 2.92 bits per heavy atom. The van der Waals surface area contributed by atoms with Gasteiger partial charge in [0.05, 0.1) is 10.7 Å². The minimum atomic E-state index is -1.29. The van der Waals surface area contributed by atoms with E-state index in [9.17, 15) is 14.3 Å². The second kappa shape index (κ2) is 2.68. The topological polar surface area (TPSA) is 49.3 Å². The molecule has 5 heteroatoms. The number of fused-ring (bicyclic) bond motifs is 1. The molecule has 68 valence electrons. The number of hydrogen-bond acceptors (Lipinski definition) is 2. The molecule has 0 fully saturated rings. The van der Waals surface area contributed by atoms with E-state index in [1.54, 1.807) is 0 Å². The van der Waals surface area contributed by atoms with Gasteiger partial charge in [0, 0.05) is 5.56 Å². The molecule has 1 aromatic carbocycles. The molecule has 1 amide bonds. The molecule has 0 spiro atoms. The van der Waals surface area contributed by atoms with Crippen molar-refractivity contribution in [3.8, 4) is 0 Å². The molecule has 0 aliphatic carbocycles. The second-order valence-electron chi connectivity index (χ2n) is 2.72. The molecule has 0 saturated carbocycles. The van der Waals surface area contributed by atoms with Crippen molar-refractivity contribution < 1.29 is 14.3 Å². The molecule has 0 bridgehead atoms. The van der Waals surface area contributed by atoms with E-state index in [4.69, 9.17) is 11.6 Å². The molecule has 1 aliphatic rings. The Kier molecular flexibility index (Phi) is 1.75. The standard InChI is InChI=1S/C8H5ClFNO2/c9-4-2-1-3-6(5(4)10)11-8(13)7(3)12/h1-2,7,12H,(H,11,13). The largest absolute Gasteiger partial charge is 0.378 e. The van der Waals surface area contributed by atoms with Crippen molar-refractivity contribution >= 4 is 23.2 Å². The normalized spacial score (nSPS) is 19.9. The summed E-state index contributed by atoms with van der Waals surface area (Å²) in [4.78, 5) is 10.9. The van der Waals surface area contributed by atoms with Gasteiger partial charge in [-0.15, -0.1) is 0 Å². The van der Waals surface area contributed by atoms with E-state index < -0.39 is 17.8 Å². The summed E-state index contributed by atoms with van der Waals surface area (Å²) in [5.74, 6) is -1.33. The van der Waals surface area contributed by atoms with Gasteiger partial charge in [-0.1, -0.05) is 17.7 Å². The van der Waals surface area contributed by atoms with E-state index in [2.05, 4.69) is 5.32 Å². The van der Waals surface area contributed by atoms with Crippen molar-refractivity contribution in [3.05, 3.63) is 28.5 Å². The Bertz CT molecular complexity index is 394. The van der Waals surface area contributed by atoms with Gasteiger partial charge in [0.15, 0.2) is 11.9 Å². The first-order chi connectivity index (χ1) is 6.11. The highest BCUT2D eigenvalue weighted by molar-refractivity contribution is 6.31. The van der Waals surface area contributed by atoms with Gasteiger partial charge in [-0.05, 0) is 6.07 Å². The van der Waals surface area contributed by atoms with Crippen molar-refractivity contribution in [1.82, 2.24) is 0 Å². The Morgan fingerprint density at radius 1 is 1.54 bits per heavy atom. The van der Waals surface area contributed by atoms with Crippen LogP contribution >= 0.6 is 11.6 Å². The minimum absolute atomic E-state index is 0.0231. The summed E-state index contributed by atoms with van der Waals surface area (Å²) >= 11 is 5.48. The number of benzene rings is 1. The highest BCUT2D eigenvalue weighted by Crippen LogP contribution is 2.35. The smallest absolute Gasteiger partial charge is 0.258 e. The van der Waals surface area contributed by atoms with E-state index in [1.807, 2.05) is 0 Å². The lowest BCUT2D eigenvalue weighted by atomic mass is 10.1. The van der Waals surface area contributed by atoms with Crippen LogP contribution in [-0.4, -0.2) is 11.0 Å². The van der Waals surface area contributed by atoms with E-state index in [0.29, 0.717) is 0 Å². The summed E-state index contributed by atoms with van der Waals surface area (Å²) in [7, 11) is 0. The fourth-order valence-corrected chi connectivity index (χ4v) is 1.41. The van der Waals surface area contributed by atoms with Crippen molar-refractivity contribution in [2.45, 2.75) is 6.10 Å². The van der Waals surface area contributed by atoms with Crippen molar-refractivity contribution in [2.24, 2.45) is 0 Å². The second-order valence-corrected chi connectivity index (χ2v) is 3.12. The quantitative estimate of drug-likeness (QED) is 0.668. The van der Waals surface area contributed by atoms with Gasteiger partial charge in [0.25, 0.3) is 5.91 Å². The van der Waals surface area contributed by atoms with E-state index in [0.717, 1.165) is 0 Å². The third kappa shape index (κ3) is 1.10. The number of carbonyl (C=O) groups excluding carboxylic acids is 1. The average Bonchev–Trinajstić information content (AvgIpc) is 2.38. The lowest BCUT2D eigenvalue weighted by Gasteiger charge is -2.01. The monoisotopic (exact) mass is 201 g/mol. The summed E-state index contributed by atoms with van der Waals surface area (Å²) in [5, 5.41) is 11.4.